The molecule has 0 unspecified atom stereocenters. The Labute approximate surface area is 68.6 Å². The number of hydrogen-bond donors (Lipinski definition) is 0. The van der Waals surface area contributed by atoms with Crippen LogP contribution in [0.5, 0.6) is 0 Å². The van der Waals surface area contributed by atoms with Crippen LogP contribution in [0.15, 0.2) is 17.5 Å². The first-order valence-corrected chi connectivity index (χ1v) is 3.25. The number of carbonyl (C=O) groups excluding carboxylic acids is 1. The molecule has 1 rings (SSSR count). The van der Waals surface area contributed by atoms with Crippen LogP contribution in [-0.2, 0) is 7.05 Å². The summed E-state index contributed by atoms with van der Waals surface area (Å²) < 4.78 is 1.57. The lowest BCUT2D eigenvalue weighted by Gasteiger charge is -1.92. The van der Waals surface area contributed by atoms with Crippen LogP contribution in [0.4, 0.5) is 0 Å². The van der Waals surface area contributed by atoms with Crippen LogP contribution in [0, 0.1) is 0 Å². The zero-order valence-electron chi connectivity index (χ0n) is 5.81. The van der Waals surface area contributed by atoms with Crippen molar-refractivity contribution in [2.24, 2.45) is 12.0 Å². The number of nitrogens with zero attached hydrogens (tertiary/aromatic N) is 3. The van der Waals surface area contributed by atoms with Gasteiger partial charge in [0, 0.05) is 7.05 Å². The highest BCUT2D eigenvalue weighted by Crippen LogP contribution is 1.97. The maximum Gasteiger partial charge on any atom is 0.304 e. The number of aromatic nitrogens is 2. The summed E-state index contributed by atoms with van der Waals surface area (Å²) in [5, 5.41) is 2.00. The number of hydrogen-bond acceptors (Lipinski definition) is 3. The number of amides is 1. The predicted molar refractivity (Wildman–Crippen MR) is 42.6 cm³/mol. The smallest absolute Gasteiger partial charge is 0.304 e. The molecule has 11 heavy (non-hydrogen) atoms. The van der Waals surface area contributed by atoms with Crippen LogP contribution >= 0.6 is 12.2 Å². The van der Waals surface area contributed by atoms with Crippen molar-refractivity contribution >= 4 is 23.3 Å². The third kappa shape index (κ3) is 1.58. The normalized spacial score (nSPS) is 8.82. The van der Waals surface area contributed by atoms with Crippen molar-refractivity contribution in [3.05, 3.63) is 18.2 Å². The van der Waals surface area contributed by atoms with E-state index in [1.807, 2.05) is 5.16 Å². The first kappa shape index (κ1) is 7.78. The maximum atomic E-state index is 11.0. The van der Waals surface area contributed by atoms with E-state index in [-0.39, 0.29) is 0 Å². The summed E-state index contributed by atoms with van der Waals surface area (Å²) in [6.07, 6.45) is 2.95. The number of isothiocyanates is 1. The van der Waals surface area contributed by atoms with Gasteiger partial charge < -0.3 is 4.57 Å². The number of aryl methyl sites for hydroxylation is 1. The van der Waals surface area contributed by atoms with Crippen molar-refractivity contribution in [3.8, 4) is 0 Å². The summed E-state index contributed by atoms with van der Waals surface area (Å²) >= 11 is 4.28. The zero-order chi connectivity index (χ0) is 8.27. The fraction of sp³-hybridized carbons (Fsp3) is 0.167. The second kappa shape index (κ2) is 3.18. The van der Waals surface area contributed by atoms with Crippen LogP contribution in [0.2, 0.25) is 0 Å². The molecule has 0 saturated carbocycles. The third-order valence-electron chi connectivity index (χ3n) is 1.18. The zero-order valence-corrected chi connectivity index (χ0v) is 6.63. The van der Waals surface area contributed by atoms with Crippen LogP contribution in [-0.4, -0.2) is 20.6 Å². The Morgan fingerprint density at radius 2 is 2.64 bits per heavy atom. The molecule has 0 bridgehead atoms. The Morgan fingerprint density at radius 3 is 3.09 bits per heavy atom. The van der Waals surface area contributed by atoms with Crippen LogP contribution in [0.3, 0.4) is 0 Å². The third-order valence-corrected chi connectivity index (χ3v) is 1.27. The van der Waals surface area contributed by atoms with Crippen molar-refractivity contribution in [1.82, 2.24) is 9.55 Å². The molecule has 1 aromatic heterocycles. The molecule has 5 heteroatoms. The molecule has 0 aliphatic heterocycles. The molecule has 1 heterocycles. The van der Waals surface area contributed by atoms with Gasteiger partial charge in [-0.05, 0) is 12.2 Å². The number of carbonyl (C=O) groups is 1. The molecule has 0 aromatic carbocycles. The van der Waals surface area contributed by atoms with Crippen molar-refractivity contribution in [1.29, 1.82) is 0 Å². The highest BCUT2D eigenvalue weighted by atomic mass is 32.1. The van der Waals surface area contributed by atoms with Crippen LogP contribution < -0.4 is 0 Å². The quantitative estimate of drug-likeness (QED) is 0.456. The Morgan fingerprint density at radius 1 is 1.91 bits per heavy atom. The Hall–Kier alpha value is -1.32. The Kier molecular flexibility index (Phi) is 2.25. The molecule has 0 N–H and O–H groups in total. The predicted octanol–water partition coefficient (Wildman–Crippen LogP) is 0.663. The van der Waals surface area contributed by atoms with Crippen LogP contribution in [0.25, 0.3) is 0 Å². The van der Waals surface area contributed by atoms with Crippen LogP contribution in [0.1, 0.15) is 10.5 Å². The van der Waals surface area contributed by atoms with E-state index < -0.39 is 5.91 Å². The second-order valence-electron chi connectivity index (χ2n) is 1.90. The van der Waals surface area contributed by atoms with E-state index in [0.29, 0.717) is 5.69 Å². The van der Waals surface area contributed by atoms with Gasteiger partial charge in [0.1, 0.15) is 5.69 Å². The molecule has 0 saturated heterocycles. The summed E-state index contributed by atoms with van der Waals surface area (Å²) in [6.45, 7) is 0. The first-order chi connectivity index (χ1) is 5.25. The number of thiocarbonyl (C=S) groups is 1. The van der Waals surface area contributed by atoms with E-state index in [9.17, 15) is 4.79 Å². The van der Waals surface area contributed by atoms with Crippen molar-refractivity contribution in [2.75, 3.05) is 0 Å². The summed E-state index contributed by atoms with van der Waals surface area (Å²) in [5.74, 6) is -0.417. The van der Waals surface area contributed by atoms with Crippen molar-refractivity contribution in [3.63, 3.8) is 0 Å². The summed E-state index contributed by atoms with van der Waals surface area (Å²) in [4.78, 5) is 18.0. The Balaban J connectivity index is 3.02. The van der Waals surface area contributed by atoms with Gasteiger partial charge in [0.05, 0.1) is 17.7 Å². The fourth-order valence-electron chi connectivity index (χ4n) is 0.662. The largest absolute Gasteiger partial charge is 0.330 e. The molecule has 0 atom stereocenters. The first-order valence-electron chi connectivity index (χ1n) is 2.84. The van der Waals surface area contributed by atoms with Gasteiger partial charge in [-0.2, -0.15) is 4.99 Å². The molecule has 0 aliphatic carbocycles. The molecule has 0 spiro atoms. The lowest BCUT2D eigenvalue weighted by atomic mass is 10.4. The van der Waals surface area contributed by atoms with E-state index in [4.69, 9.17) is 0 Å². The van der Waals surface area contributed by atoms with Crippen molar-refractivity contribution < 1.29 is 4.79 Å². The average Bonchev–Trinajstić information content (AvgIpc) is 2.36. The maximum absolute atomic E-state index is 11.0. The van der Waals surface area contributed by atoms with Gasteiger partial charge >= 0.3 is 5.91 Å². The monoisotopic (exact) mass is 167 g/mol. The SMILES string of the molecule is Cn1cncc1C(=O)N=C=S. The molecule has 56 valence electrons. The molecule has 1 amide bonds. The minimum absolute atomic E-state index is 0.405. The number of rotatable bonds is 1. The van der Waals surface area contributed by atoms with Gasteiger partial charge in [0.25, 0.3) is 0 Å². The molecular formula is C6H5N3OS. The van der Waals surface area contributed by atoms with Crippen molar-refractivity contribution in [2.45, 2.75) is 0 Å². The highest BCUT2D eigenvalue weighted by Gasteiger charge is 2.06. The summed E-state index contributed by atoms with van der Waals surface area (Å²) in [6, 6.07) is 0. The molecule has 4 nitrogen and oxygen atoms in total. The van der Waals surface area contributed by atoms with Gasteiger partial charge in [-0.3, -0.25) is 4.79 Å². The lowest BCUT2D eigenvalue weighted by molar-refractivity contribution is 0.0996. The minimum atomic E-state index is -0.417. The second-order valence-corrected chi connectivity index (χ2v) is 2.08. The lowest BCUT2D eigenvalue weighted by Crippen LogP contribution is -2.01. The van der Waals surface area contributed by atoms with Gasteiger partial charge in [0.2, 0.25) is 0 Å². The van der Waals surface area contributed by atoms with E-state index in [1.54, 1.807) is 11.6 Å². The minimum Gasteiger partial charge on any atom is -0.330 e. The summed E-state index contributed by atoms with van der Waals surface area (Å²) in [7, 11) is 1.71. The van der Waals surface area contributed by atoms with E-state index in [1.165, 1.54) is 12.5 Å². The van der Waals surface area contributed by atoms with E-state index in [0.717, 1.165) is 0 Å². The molecule has 0 radical (unpaired) electrons. The number of imidazole rings is 1. The Bertz CT molecular complexity index is 324. The van der Waals surface area contributed by atoms with E-state index >= 15 is 0 Å². The van der Waals surface area contributed by atoms with E-state index in [2.05, 4.69) is 22.2 Å². The fourth-order valence-corrected chi connectivity index (χ4v) is 0.745. The molecular weight excluding hydrogens is 162 g/mol. The molecule has 1 aromatic rings. The van der Waals surface area contributed by atoms with Gasteiger partial charge in [-0.1, -0.05) is 0 Å². The van der Waals surface area contributed by atoms with Gasteiger partial charge in [-0.25, -0.2) is 4.98 Å². The molecule has 0 fully saturated rings. The standard InChI is InChI=1S/C6H5N3OS/c1-9-3-7-2-5(9)6(10)8-4-11/h2-3H,1H3. The average molecular weight is 167 g/mol. The summed E-state index contributed by atoms with van der Waals surface area (Å²) in [5.41, 5.74) is 0.405. The van der Waals surface area contributed by atoms with Gasteiger partial charge in [-0.15, -0.1) is 0 Å². The topological polar surface area (TPSA) is 47.2 Å². The highest BCUT2D eigenvalue weighted by molar-refractivity contribution is 7.78. The molecule has 0 aliphatic rings. The van der Waals surface area contributed by atoms with Gasteiger partial charge in [0.15, 0.2) is 0 Å². The number of aliphatic imine (C=N–C) groups is 1.